The van der Waals surface area contributed by atoms with Gasteiger partial charge < -0.3 is 9.64 Å². The normalized spacial score (nSPS) is 10.5. The average molecular weight is 363 g/mol. The van der Waals surface area contributed by atoms with E-state index in [1.807, 2.05) is 61.5 Å². The molecule has 3 nitrogen and oxygen atoms in total. The fraction of sp³-hybridized carbons (Fsp3) is 0.174. The van der Waals surface area contributed by atoms with Gasteiger partial charge in [-0.15, -0.1) is 0 Å². The van der Waals surface area contributed by atoms with Crippen LogP contribution in [-0.2, 0) is 17.8 Å². The summed E-state index contributed by atoms with van der Waals surface area (Å²) in [6.45, 7) is 2.47. The molecular weight excluding hydrogens is 341 g/mol. The molecule has 0 N–H and O–H groups in total. The number of methoxy groups -OCH3 is 1. The van der Waals surface area contributed by atoms with Gasteiger partial charge in [0.15, 0.2) is 11.6 Å². The van der Waals surface area contributed by atoms with E-state index in [4.69, 9.17) is 4.74 Å². The van der Waals surface area contributed by atoms with Crippen molar-refractivity contribution in [1.82, 2.24) is 0 Å². The second-order valence-corrected chi connectivity index (χ2v) is 6.45. The standard InChI is InChI=1S/C23H22FNO2/c1-17-8-11-20(12-9-17)25(16-18-6-4-3-5-7-18)23(26)15-19-10-13-22(27-2)21(24)14-19/h3-14H,15-16H2,1-2H3. The summed E-state index contributed by atoms with van der Waals surface area (Å²) in [5.74, 6) is -0.383. The van der Waals surface area contributed by atoms with Crippen molar-refractivity contribution < 1.29 is 13.9 Å². The molecule has 0 spiro atoms. The first-order valence-corrected chi connectivity index (χ1v) is 8.80. The highest BCUT2D eigenvalue weighted by atomic mass is 19.1. The second kappa shape index (κ2) is 8.49. The highest BCUT2D eigenvalue weighted by molar-refractivity contribution is 5.94. The van der Waals surface area contributed by atoms with Gasteiger partial charge in [-0.25, -0.2) is 4.39 Å². The maximum Gasteiger partial charge on any atom is 0.231 e. The Morgan fingerprint density at radius 1 is 0.963 bits per heavy atom. The van der Waals surface area contributed by atoms with Crippen LogP contribution in [0, 0.1) is 12.7 Å². The van der Waals surface area contributed by atoms with Crippen molar-refractivity contribution in [2.45, 2.75) is 19.9 Å². The largest absolute Gasteiger partial charge is 0.494 e. The zero-order chi connectivity index (χ0) is 19.2. The summed E-state index contributed by atoms with van der Waals surface area (Å²) in [6, 6.07) is 22.3. The quantitative estimate of drug-likeness (QED) is 0.622. The van der Waals surface area contributed by atoms with Crippen LogP contribution in [0.5, 0.6) is 5.75 Å². The second-order valence-electron chi connectivity index (χ2n) is 6.45. The molecular formula is C23H22FNO2. The maximum atomic E-state index is 14.0. The van der Waals surface area contributed by atoms with Crippen molar-refractivity contribution in [2.75, 3.05) is 12.0 Å². The molecule has 1 amide bonds. The van der Waals surface area contributed by atoms with Gasteiger partial charge in [0.25, 0.3) is 0 Å². The summed E-state index contributed by atoms with van der Waals surface area (Å²) in [7, 11) is 1.42. The third kappa shape index (κ3) is 4.73. The van der Waals surface area contributed by atoms with Crippen molar-refractivity contribution in [3.05, 3.63) is 95.3 Å². The number of benzene rings is 3. The molecule has 4 heteroatoms. The summed E-state index contributed by atoms with van der Waals surface area (Å²) in [4.78, 5) is 14.8. The average Bonchev–Trinajstić information content (AvgIpc) is 2.68. The van der Waals surface area contributed by atoms with Crippen LogP contribution in [0.15, 0.2) is 72.8 Å². The van der Waals surface area contributed by atoms with E-state index in [0.29, 0.717) is 12.1 Å². The summed E-state index contributed by atoms with van der Waals surface area (Å²) < 4.78 is 18.9. The van der Waals surface area contributed by atoms with Gasteiger partial charge in [0.2, 0.25) is 5.91 Å². The van der Waals surface area contributed by atoms with E-state index >= 15 is 0 Å². The van der Waals surface area contributed by atoms with E-state index in [1.165, 1.54) is 13.2 Å². The van der Waals surface area contributed by atoms with Crippen molar-refractivity contribution in [1.29, 1.82) is 0 Å². The molecule has 138 valence electrons. The maximum absolute atomic E-state index is 14.0. The van der Waals surface area contributed by atoms with E-state index < -0.39 is 5.82 Å². The highest BCUT2D eigenvalue weighted by Crippen LogP contribution is 2.22. The minimum Gasteiger partial charge on any atom is -0.494 e. The van der Waals surface area contributed by atoms with E-state index in [0.717, 1.165) is 16.8 Å². The topological polar surface area (TPSA) is 29.5 Å². The number of aryl methyl sites for hydroxylation is 1. The number of carbonyl (C=O) groups excluding carboxylic acids is 1. The third-order valence-corrected chi connectivity index (χ3v) is 4.40. The lowest BCUT2D eigenvalue weighted by Gasteiger charge is -2.23. The molecule has 3 rings (SSSR count). The van der Waals surface area contributed by atoms with Crippen molar-refractivity contribution in [3.63, 3.8) is 0 Å². The molecule has 27 heavy (non-hydrogen) atoms. The predicted octanol–water partition coefficient (Wildman–Crippen LogP) is 4.92. The van der Waals surface area contributed by atoms with Crippen LogP contribution in [0.4, 0.5) is 10.1 Å². The Balaban J connectivity index is 1.86. The number of anilines is 1. The molecule has 3 aromatic carbocycles. The van der Waals surface area contributed by atoms with Crippen LogP contribution < -0.4 is 9.64 Å². The van der Waals surface area contributed by atoms with Crippen molar-refractivity contribution in [3.8, 4) is 5.75 Å². The Morgan fingerprint density at radius 2 is 1.67 bits per heavy atom. The van der Waals surface area contributed by atoms with Gasteiger partial charge in [-0.3, -0.25) is 4.79 Å². The van der Waals surface area contributed by atoms with Gasteiger partial charge in [-0.1, -0.05) is 54.1 Å². The molecule has 0 saturated heterocycles. The van der Waals surface area contributed by atoms with E-state index in [2.05, 4.69) is 0 Å². The van der Waals surface area contributed by atoms with Crippen molar-refractivity contribution in [2.24, 2.45) is 0 Å². The Morgan fingerprint density at radius 3 is 2.30 bits per heavy atom. The predicted molar refractivity (Wildman–Crippen MR) is 105 cm³/mol. The Labute approximate surface area is 159 Å². The fourth-order valence-corrected chi connectivity index (χ4v) is 2.90. The van der Waals surface area contributed by atoms with Crippen LogP contribution in [0.25, 0.3) is 0 Å². The fourth-order valence-electron chi connectivity index (χ4n) is 2.90. The minimum atomic E-state index is -0.465. The molecule has 0 aliphatic rings. The third-order valence-electron chi connectivity index (χ3n) is 4.40. The number of hydrogen-bond donors (Lipinski definition) is 0. The summed E-state index contributed by atoms with van der Waals surface area (Å²) in [6.07, 6.45) is 0.113. The van der Waals surface area contributed by atoms with Gasteiger partial charge in [-0.2, -0.15) is 0 Å². The van der Waals surface area contributed by atoms with Gasteiger partial charge in [0.1, 0.15) is 0 Å². The van der Waals surface area contributed by atoms with Crippen LogP contribution in [0.2, 0.25) is 0 Å². The Bertz CT molecular complexity index is 907. The lowest BCUT2D eigenvalue weighted by Crippen LogP contribution is -2.31. The van der Waals surface area contributed by atoms with Gasteiger partial charge >= 0.3 is 0 Å². The van der Waals surface area contributed by atoms with E-state index in [1.54, 1.807) is 17.0 Å². The molecule has 0 atom stereocenters. The van der Waals surface area contributed by atoms with Crippen LogP contribution in [0.3, 0.4) is 0 Å². The number of carbonyl (C=O) groups is 1. The lowest BCUT2D eigenvalue weighted by molar-refractivity contribution is -0.118. The molecule has 0 saturated carbocycles. The van der Waals surface area contributed by atoms with E-state index in [9.17, 15) is 9.18 Å². The zero-order valence-corrected chi connectivity index (χ0v) is 15.5. The number of amides is 1. The Hall–Kier alpha value is -3.14. The first-order valence-electron chi connectivity index (χ1n) is 8.80. The number of hydrogen-bond acceptors (Lipinski definition) is 2. The van der Waals surface area contributed by atoms with Gasteiger partial charge in [0, 0.05) is 5.69 Å². The van der Waals surface area contributed by atoms with Gasteiger partial charge in [-0.05, 0) is 42.3 Å². The number of rotatable bonds is 6. The Kier molecular flexibility index (Phi) is 5.87. The van der Waals surface area contributed by atoms with Crippen molar-refractivity contribution >= 4 is 11.6 Å². The monoisotopic (exact) mass is 363 g/mol. The molecule has 0 radical (unpaired) electrons. The SMILES string of the molecule is COc1ccc(CC(=O)N(Cc2ccccc2)c2ccc(C)cc2)cc1F. The molecule has 0 aromatic heterocycles. The lowest BCUT2D eigenvalue weighted by atomic mass is 10.1. The summed E-state index contributed by atoms with van der Waals surface area (Å²) >= 11 is 0. The van der Waals surface area contributed by atoms with Gasteiger partial charge in [0.05, 0.1) is 20.1 Å². The first-order chi connectivity index (χ1) is 13.1. The molecule has 0 bridgehead atoms. The van der Waals surface area contributed by atoms with Crippen LogP contribution >= 0.6 is 0 Å². The van der Waals surface area contributed by atoms with Crippen LogP contribution in [-0.4, -0.2) is 13.0 Å². The first kappa shape index (κ1) is 18.6. The van der Waals surface area contributed by atoms with E-state index in [-0.39, 0.29) is 18.1 Å². The summed E-state index contributed by atoms with van der Waals surface area (Å²) in [5.41, 5.74) is 3.60. The molecule has 3 aromatic rings. The molecule has 0 aliphatic heterocycles. The molecule has 0 fully saturated rings. The smallest absolute Gasteiger partial charge is 0.231 e. The number of halogens is 1. The minimum absolute atomic E-state index is 0.0905. The molecule has 0 aliphatic carbocycles. The zero-order valence-electron chi connectivity index (χ0n) is 15.5. The molecule has 0 unspecified atom stereocenters. The summed E-state index contributed by atoms with van der Waals surface area (Å²) in [5, 5.41) is 0. The van der Waals surface area contributed by atoms with Crippen LogP contribution in [0.1, 0.15) is 16.7 Å². The number of nitrogens with zero attached hydrogens (tertiary/aromatic N) is 1. The highest BCUT2D eigenvalue weighted by Gasteiger charge is 2.17. The molecule has 0 heterocycles. The number of ether oxygens (including phenoxy) is 1.